The zero-order chi connectivity index (χ0) is 58.5. The van der Waals surface area contributed by atoms with Crippen molar-refractivity contribution < 1.29 is 37.9 Å². The lowest BCUT2D eigenvalue weighted by Crippen LogP contribution is -2.11. The number of benzene rings is 2. The van der Waals surface area contributed by atoms with E-state index in [1.807, 2.05) is 0 Å². The predicted octanol–water partition coefficient (Wildman–Crippen LogP) is 17.3. The van der Waals surface area contributed by atoms with Crippen molar-refractivity contribution in [1.82, 2.24) is 19.9 Å². The van der Waals surface area contributed by atoms with E-state index in [-0.39, 0.29) is 0 Å². The Morgan fingerprint density at radius 3 is 1.07 bits per heavy atom. The second-order valence-corrected chi connectivity index (χ2v) is 22.5. The SMILES string of the molecule is CCCCCCCCCCCCc1c2nc(c(CCCCCCCCCCCC)c3ccc([nH]3)c(-c3ccc(COCCOCCOCCOC)cc3)c3ccc([nH]3)c(-c3ccc(COCCOCCOCCOC)cc3)c3nc1C=C3)C=C2. The Morgan fingerprint density at radius 1 is 0.310 bits per heavy atom. The van der Waals surface area contributed by atoms with Crippen LogP contribution in [0.15, 0.2) is 72.8 Å². The quantitative estimate of drug-likeness (QED) is 0.0356. The van der Waals surface area contributed by atoms with E-state index >= 15 is 0 Å². The molecule has 2 N–H and O–H groups in total. The Labute approximate surface area is 503 Å². The molecule has 84 heavy (non-hydrogen) atoms. The number of aromatic amines is 2. The molecular weight excluding hydrogens is 1050 g/mol. The van der Waals surface area contributed by atoms with Crippen LogP contribution in [0.2, 0.25) is 0 Å². The Morgan fingerprint density at radius 2 is 0.631 bits per heavy atom. The van der Waals surface area contributed by atoms with Gasteiger partial charge in [0, 0.05) is 58.5 Å². The number of methoxy groups -OCH3 is 2. The van der Waals surface area contributed by atoms with Gasteiger partial charge in [-0.1, -0.05) is 178 Å². The molecule has 0 fully saturated rings. The summed E-state index contributed by atoms with van der Waals surface area (Å²) in [4.78, 5) is 19.1. The molecule has 12 heteroatoms. The van der Waals surface area contributed by atoms with Gasteiger partial charge in [0.15, 0.2) is 0 Å². The summed E-state index contributed by atoms with van der Waals surface area (Å²) in [6.07, 6.45) is 36.8. The molecule has 2 aromatic carbocycles. The summed E-state index contributed by atoms with van der Waals surface area (Å²) in [5.41, 5.74) is 17.1. The van der Waals surface area contributed by atoms with Gasteiger partial charge in [0.05, 0.1) is 115 Å². The highest BCUT2D eigenvalue weighted by Crippen LogP contribution is 2.36. The minimum absolute atomic E-state index is 0.487. The first-order valence-corrected chi connectivity index (χ1v) is 32.4. The fourth-order valence-corrected chi connectivity index (χ4v) is 11.1. The Balaban J connectivity index is 1.22. The third kappa shape index (κ3) is 22.9. The molecule has 2 aliphatic heterocycles. The Kier molecular flexibility index (Phi) is 31.7. The summed E-state index contributed by atoms with van der Waals surface area (Å²) in [6, 6.07) is 26.5. The smallest absolute Gasteiger partial charge is 0.0737 e. The van der Waals surface area contributed by atoms with Crippen molar-refractivity contribution >= 4 is 46.4 Å². The van der Waals surface area contributed by atoms with Gasteiger partial charge in [-0.2, -0.15) is 0 Å². The van der Waals surface area contributed by atoms with Crippen LogP contribution in [0.4, 0.5) is 0 Å². The molecule has 5 aromatic rings. The molecule has 0 radical (unpaired) electrons. The van der Waals surface area contributed by atoms with Crippen molar-refractivity contribution in [3.05, 3.63) is 118 Å². The first-order chi connectivity index (χ1) is 41.6. The third-order valence-corrected chi connectivity index (χ3v) is 15.9. The summed E-state index contributed by atoms with van der Waals surface area (Å²) in [5, 5.41) is 0. The minimum atomic E-state index is 0.487. The summed E-state index contributed by atoms with van der Waals surface area (Å²) in [5.74, 6) is 0. The molecule has 0 saturated carbocycles. The normalized spacial score (nSPS) is 12.1. The van der Waals surface area contributed by atoms with Crippen LogP contribution < -0.4 is 0 Å². The van der Waals surface area contributed by atoms with E-state index in [0.29, 0.717) is 92.5 Å². The lowest BCUT2D eigenvalue weighted by atomic mass is 10.0. The van der Waals surface area contributed by atoms with Gasteiger partial charge in [-0.25, -0.2) is 9.97 Å². The largest absolute Gasteiger partial charge is 0.382 e. The molecule has 0 atom stereocenters. The zero-order valence-corrected chi connectivity index (χ0v) is 51.9. The van der Waals surface area contributed by atoms with Crippen molar-refractivity contribution in [1.29, 1.82) is 0 Å². The maximum Gasteiger partial charge on any atom is 0.0737 e. The third-order valence-electron chi connectivity index (χ3n) is 15.9. The number of H-pyrrole nitrogens is 2. The molecule has 458 valence electrons. The molecule has 7 rings (SSSR count). The maximum absolute atomic E-state index is 6.07. The number of hydrogen-bond acceptors (Lipinski definition) is 10. The van der Waals surface area contributed by atoms with Crippen LogP contribution in [-0.4, -0.2) is 113 Å². The number of rotatable bonds is 46. The van der Waals surface area contributed by atoms with Crippen LogP contribution in [0.5, 0.6) is 0 Å². The predicted molar refractivity (Wildman–Crippen MR) is 347 cm³/mol. The molecule has 2 aliphatic rings. The lowest BCUT2D eigenvalue weighted by Gasteiger charge is -2.09. The van der Waals surface area contributed by atoms with Gasteiger partial charge in [-0.05, 0) is 96.5 Å². The molecule has 12 nitrogen and oxygen atoms in total. The van der Waals surface area contributed by atoms with Crippen molar-refractivity contribution in [3.63, 3.8) is 0 Å². The van der Waals surface area contributed by atoms with E-state index in [1.165, 1.54) is 127 Å². The van der Waals surface area contributed by atoms with Crippen LogP contribution in [0.1, 0.15) is 187 Å². The fourth-order valence-electron chi connectivity index (χ4n) is 11.1. The molecule has 3 aromatic heterocycles. The summed E-state index contributed by atoms with van der Waals surface area (Å²) in [7, 11) is 3.35. The van der Waals surface area contributed by atoms with Crippen LogP contribution in [-0.2, 0) is 64.0 Å². The van der Waals surface area contributed by atoms with Crippen molar-refractivity contribution in [2.24, 2.45) is 0 Å². The standard InChI is InChI=1S/C72H102N4O8/c1-5-7-9-11-13-15-17-19-21-23-25-61-63-35-36-64(73-63)62(26-24-22-20-18-16-14-12-10-8-6-2)66-38-40-68(75-66)72(60-33-29-58(30-34-60)56-84-54-52-82-50-48-80-46-44-78-4)70-42-41-69(76-70)71(67-39-37-65(61)74-67)59-31-27-57(28-32-59)55-83-53-51-81-49-47-79-45-43-77-3/h27-42,74,76H,5-26,43-56H2,1-4H3. The van der Waals surface area contributed by atoms with Gasteiger partial charge in [0.1, 0.15) is 0 Å². The molecule has 5 heterocycles. The first-order valence-electron chi connectivity index (χ1n) is 32.4. The molecule has 0 aliphatic carbocycles. The average molecular weight is 1150 g/mol. The van der Waals surface area contributed by atoms with Crippen LogP contribution in [0.25, 0.3) is 68.6 Å². The lowest BCUT2D eigenvalue weighted by molar-refractivity contribution is 0.000869. The topological polar surface area (TPSA) is 131 Å². The van der Waals surface area contributed by atoms with Crippen molar-refractivity contribution in [2.75, 3.05) is 93.5 Å². The second kappa shape index (κ2) is 40.2. The number of unbranched alkanes of at least 4 members (excludes halogenated alkanes) is 18. The average Bonchev–Trinajstić information content (AvgIpc) is 3.99. The highest BCUT2D eigenvalue weighted by molar-refractivity contribution is 5.97. The number of nitrogens with zero attached hydrogens (tertiary/aromatic N) is 2. The molecule has 0 amide bonds. The first kappa shape index (κ1) is 66.2. The maximum atomic E-state index is 6.07. The molecule has 8 bridgehead atoms. The number of fused-ring (bicyclic) bond motifs is 8. The highest BCUT2D eigenvalue weighted by Gasteiger charge is 2.19. The van der Waals surface area contributed by atoms with E-state index in [0.717, 1.165) is 104 Å². The number of nitrogens with one attached hydrogen (secondary N) is 2. The van der Waals surface area contributed by atoms with Gasteiger partial charge in [-0.15, -0.1) is 0 Å². The molecule has 0 unspecified atom stereocenters. The Hall–Kier alpha value is -5.28. The monoisotopic (exact) mass is 1150 g/mol. The van der Waals surface area contributed by atoms with Gasteiger partial charge < -0.3 is 47.9 Å². The van der Waals surface area contributed by atoms with Crippen LogP contribution >= 0.6 is 0 Å². The van der Waals surface area contributed by atoms with Gasteiger partial charge in [0.2, 0.25) is 0 Å². The van der Waals surface area contributed by atoms with E-state index < -0.39 is 0 Å². The zero-order valence-electron chi connectivity index (χ0n) is 51.9. The fraction of sp³-hybridized carbons (Fsp3) is 0.556. The number of aromatic nitrogens is 4. The summed E-state index contributed by atoms with van der Waals surface area (Å²) in [6.45, 7) is 12.0. The Bertz CT molecular complexity index is 2840. The number of aryl methyl sites for hydroxylation is 1. The number of ether oxygens (including phenoxy) is 8. The van der Waals surface area contributed by atoms with Gasteiger partial charge in [-0.3, -0.25) is 0 Å². The van der Waals surface area contributed by atoms with E-state index in [4.69, 9.17) is 47.9 Å². The molecular formula is C72H102N4O8. The van der Waals surface area contributed by atoms with Gasteiger partial charge >= 0.3 is 0 Å². The van der Waals surface area contributed by atoms with Crippen LogP contribution in [0.3, 0.4) is 0 Å². The summed E-state index contributed by atoms with van der Waals surface area (Å²) < 4.78 is 44.7. The van der Waals surface area contributed by atoms with E-state index in [1.54, 1.807) is 14.2 Å². The highest BCUT2D eigenvalue weighted by atomic mass is 16.6. The van der Waals surface area contributed by atoms with Crippen molar-refractivity contribution in [3.8, 4) is 22.3 Å². The minimum Gasteiger partial charge on any atom is -0.382 e. The van der Waals surface area contributed by atoms with Crippen LogP contribution in [0, 0.1) is 0 Å². The summed E-state index contributed by atoms with van der Waals surface area (Å²) >= 11 is 0. The van der Waals surface area contributed by atoms with E-state index in [9.17, 15) is 0 Å². The van der Waals surface area contributed by atoms with Crippen molar-refractivity contribution in [2.45, 2.75) is 168 Å². The number of hydrogen-bond donors (Lipinski definition) is 2. The molecule has 0 saturated heterocycles. The van der Waals surface area contributed by atoms with E-state index in [2.05, 4.69) is 121 Å². The second-order valence-electron chi connectivity index (χ2n) is 22.5. The van der Waals surface area contributed by atoms with Gasteiger partial charge in [0.25, 0.3) is 0 Å². The molecule has 0 spiro atoms.